The second kappa shape index (κ2) is 20.2. The third kappa shape index (κ3) is 11.8. The standard InChI is InChI=1S/C29H39F3N4O7.C17H17F3N2O6/c1-17(2)36(18-8-7-12-34(16-18)26(40)43-27(3,4)5)23(37)19-14-21-22(15-20(19)29(30,31)32)42-28(9-10-28)24(38)35(21)13-11-33-25(39)41-6;1-26-13(23)9-7-11-12(8-10(9)17(18,19)20)28-16(3-4-16)14(24)22(11)6-5-21-15(25)27-2/h14-15,17-18H,7-13,16H2,1-6H3,(H,33,39);7-8H,3-6H2,1-2H3,(H,21,25)/t18-;/m1./s1. The molecule has 2 spiro atoms. The number of fused-ring (bicyclic) bond motifs is 2. The number of nitrogens with one attached hydrogen (secondary N) is 2. The number of ether oxygens (including phenoxy) is 6. The zero-order valence-electron chi connectivity index (χ0n) is 40.3. The first-order chi connectivity index (χ1) is 33.1. The molecule has 2 aliphatic carbocycles. The van der Waals surface area contributed by atoms with Gasteiger partial charge in [-0.25, -0.2) is 19.2 Å². The smallest absolute Gasteiger partial charge is 0.417 e. The Morgan fingerprint density at radius 3 is 1.58 bits per heavy atom. The van der Waals surface area contributed by atoms with Gasteiger partial charge in [-0.05, 0) is 71.7 Å². The molecule has 2 aromatic carbocycles. The third-order valence-electron chi connectivity index (χ3n) is 12.1. The van der Waals surface area contributed by atoms with Crippen LogP contribution in [0.4, 0.5) is 52.1 Å². The van der Waals surface area contributed by atoms with Crippen molar-refractivity contribution in [3.05, 3.63) is 46.5 Å². The molecular weight excluding hydrogens is 959 g/mol. The van der Waals surface area contributed by atoms with Gasteiger partial charge in [0.15, 0.2) is 11.2 Å². The molecule has 0 bridgehead atoms. The maximum Gasteiger partial charge on any atom is 0.417 e. The Bertz CT molecular complexity index is 2430. The second-order valence-corrected chi connectivity index (χ2v) is 18.7. The minimum Gasteiger partial charge on any atom is -0.475 e. The predicted molar refractivity (Wildman–Crippen MR) is 237 cm³/mol. The summed E-state index contributed by atoms with van der Waals surface area (Å²) in [5.41, 5.74) is -6.95. The van der Waals surface area contributed by atoms with Crippen molar-refractivity contribution in [2.24, 2.45) is 0 Å². The summed E-state index contributed by atoms with van der Waals surface area (Å²) in [6.45, 7) is 8.92. The van der Waals surface area contributed by atoms with Crippen molar-refractivity contribution < 1.29 is 88.3 Å². The minimum atomic E-state index is -4.91. The fourth-order valence-corrected chi connectivity index (χ4v) is 8.49. The molecule has 71 heavy (non-hydrogen) atoms. The van der Waals surface area contributed by atoms with E-state index < -0.39 is 105 Å². The number of esters is 1. The summed E-state index contributed by atoms with van der Waals surface area (Å²) in [6.07, 6.45) is -9.31. The topological polar surface area (TPSA) is 212 Å². The summed E-state index contributed by atoms with van der Waals surface area (Å²) >= 11 is 0. The number of anilines is 2. The van der Waals surface area contributed by atoms with Gasteiger partial charge in [-0.15, -0.1) is 0 Å². The first-order valence-electron chi connectivity index (χ1n) is 22.6. The first-order valence-corrected chi connectivity index (χ1v) is 22.6. The number of hydrogen-bond acceptors (Lipinski definition) is 13. The lowest BCUT2D eigenvalue weighted by atomic mass is 9.97. The SMILES string of the molecule is COC(=O)NCCN1C(=O)C2(CC2)Oc2cc(C(F)(F)F)c(C(=O)N(C(C)C)[C@@H]3CCCN(C(=O)OC(C)(C)C)C3)cc21.COC(=O)NCCN1C(=O)C2(CC2)Oc2cc(C(F)(F)F)c(C(=O)OC)cc21. The van der Waals surface area contributed by atoms with Crippen LogP contribution in [0.2, 0.25) is 0 Å². The van der Waals surface area contributed by atoms with E-state index in [-0.39, 0.29) is 55.6 Å². The molecule has 5 aliphatic rings. The Hall–Kier alpha value is -6.69. The number of nitrogens with zero attached hydrogens (tertiary/aromatic N) is 4. The zero-order chi connectivity index (χ0) is 52.6. The number of alkyl halides is 6. The zero-order valence-corrected chi connectivity index (χ0v) is 40.3. The average molecular weight is 1010 g/mol. The summed E-state index contributed by atoms with van der Waals surface area (Å²) in [4.78, 5) is 93.0. The van der Waals surface area contributed by atoms with Gasteiger partial charge >= 0.3 is 36.6 Å². The van der Waals surface area contributed by atoms with Crippen LogP contribution in [0.5, 0.6) is 11.5 Å². The lowest BCUT2D eigenvalue weighted by molar-refractivity contribution is -0.139. The van der Waals surface area contributed by atoms with Crippen molar-refractivity contribution in [3.63, 3.8) is 0 Å². The summed E-state index contributed by atoms with van der Waals surface area (Å²) in [5, 5.41) is 4.86. The highest BCUT2D eigenvalue weighted by atomic mass is 19.4. The molecule has 3 heterocycles. The van der Waals surface area contributed by atoms with Crippen LogP contribution < -0.4 is 29.9 Å². The van der Waals surface area contributed by atoms with Crippen molar-refractivity contribution in [1.29, 1.82) is 0 Å². The Balaban J connectivity index is 0.000000254. The number of carbonyl (C=O) groups excluding carboxylic acids is 7. The van der Waals surface area contributed by atoms with Crippen molar-refractivity contribution in [1.82, 2.24) is 20.4 Å². The number of piperidine rings is 1. The molecule has 1 atom stereocenters. The predicted octanol–water partition coefficient (Wildman–Crippen LogP) is 6.68. The molecule has 6 amide bonds. The van der Waals surface area contributed by atoms with Gasteiger partial charge in [0.05, 0.1) is 61.0 Å². The number of benzene rings is 2. The van der Waals surface area contributed by atoms with Crippen LogP contribution in [0.1, 0.15) is 105 Å². The van der Waals surface area contributed by atoms with Crippen molar-refractivity contribution in [3.8, 4) is 11.5 Å². The monoisotopic (exact) mass is 1010 g/mol. The normalized spacial score (nSPS) is 18.5. The van der Waals surface area contributed by atoms with E-state index in [9.17, 15) is 59.9 Å². The van der Waals surface area contributed by atoms with Gasteiger partial charge in [-0.1, -0.05) is 0 Å². The molecule has 7 rings (SSSR count). The van der Waals surface area contributed by atoms with E-state index in [2.05, 4.69) is 24.8 Å². The molecule has 0 aromatic heterocycles. The highest BCUT2D eigenvalue weighted by molar-refractivity contribution is 6.07. The molecule has 1 saturated heterocycles. The van der Waals surface area contributed by atoms with Gasteiger partial charge in [-0.3, -0.25) is 14.4 Å². The lowest BCUT2D eigenvalue weighted by Crippen LogP contribution is -2.54. The van der Waals surface area contributed by atoms with Crippen LogP contribution in [-0.4, -0.2) is 141 Å². The van der Waals surface area contributed by atoms with Gasteiger partial charge in [0.2, 0.25) is 0 Å². The van der Waals surface area contributed by atoms with E-state index in [1.165, 1.54) is 33.8 Å². The van der Waals surface area contributed by atoms with Crippen LogP contribution >= 0.6 is 0 Å². The number of amides is 6. The van der Waals surface area contributed by atoms with Crippen LogP contribution in [0, 0.1) is 0 Å². The number of carbonyl (C=O) groups is 7. The number of rotatable bonds is 10. The molecule has 3 aliphatic heterocycles. The maximum atomic E-state index is 14.5. The van der Waals surface area contributed by atoms with Crippen LogP contribution in [0.25, 0.3) is 0 Å². The van der Waals surface area contributed by atoms with Crippen molar-refractivity contribution >= 4 is 53.3 Å². The summed E-state index contributed by atoms with van der Waals surface area (Å²) < 4.78 is 114. The quantitative estimate of drug-likeness (QED) is 0.145. The lowest BCUT2D eigenvalue weighted by Gasteiger charge is -2.42. The van der Waals surface area contributed by atoms with Crippen LogP contribution in [0.3, 0.4) is 0 Å². The number of hydrogen-bond donors (Lipinski definition) is 2. The highest BCUT2D eigenvalue weighted by Gasteiger charge is 2.60. The van der Waals surface area contributed by atoms with Gasteiger partial charge in [0.1, 0.15) is 17.1 Å². The maximum absolute atomic E-state index is 14.5. The molecule has 19 nitrogen and oxygen atoms in total. The molecule has 2 aromatic rings. The van der Waals surface area contributed by atoms with Crippen molar-refractivity contribution in [2.45, 2.75) is 114 Å². The van der Waals surface area contributed by atoms with Gasteiger partial charge in [0, 0.05) is 71.0 Å². The van der Waals surface area contributed by atoms with Crippen molar-refractivity contribution in [2.75, 3.05) is 70.4 Å². The number of likely N-dealkylation sites (tertiary alicyclic amines) is 1. The molecule has 0 unspecified atom stereocenters. The molecular formula is C46H56F6N6O13. The summed E-state index contributed by atoms with van der Waals surface area (Å²) in [6, 6.07) is 2.38. The second-order valence-electron chi connectivity index (χ2n) is 18.7. The largest absolute Gasteiger partial charge is 0.475 e. The summed E-state index contributed by atoms with van der Waals surface area (Å²) in [5.74, 6) is -3.29. The van der Waals surface area contributed by atoms with E-state index in [1.54, 1.807) is 34.6 Å². The van der Waals surface area contributed by atoms with E-state index >= 15 is 0 Å². The molecule has 390 valence electrons. The Labute approximate surface area is 404 Å². The molecule has 2 saturated carbocycles. The van der Waals surface area contributed by atoms with E-state index in [1.807, 2.05) is 0 Å². The fourth-order valence-electron chi connectivity index (χ4n) is 8.49. The first kappa shape index (κ1) is 53.7. The van der Waals surface area contributed by atoms with E-state index in [0.717, 1.165) is 25.3 Å². The Morgan fingerprint density at radius 2 is 1.18 bits per heavy atom. The molecule has 2 N–H and O–H groups in total. The van der Waals surface area contributed by atoms with E-state index in [4.69, 9.17) is 14.2 Å². The average Bonchev–Trinajstić information content (AvgIpc) is 4.24. The van der Waals surface area contributed by atoms with Crippen LogP contribution in [-0.2, 0) is 40.9 Å². The third-order valence-corrected chi connectivity index (χ3v) is 12.1. The highest BCUT2D eigenvalue weighted by Crippen LogP contribution is 2.53. The Morgan fingerprint density at radius 1 is 0.732 bits per heavy atom. The number of halogens is 6. The number of methoxy groups -OCH3 is 3. The van der Waals surface area contributed by atoms with Gasteiger partial charge < -0.3 is 58.7 Å². The van der Waals surface area contributed by atoms with E-state index in [0.29, 0.717) is 51.1 Å². The van der Waals surface area contributed by atoms with Gasteiger partial charge in [0.25, 0.3) is 17.7 Å². The molecule has 25 heteroatoms. The summed E-state index contributed by atoms with van der Waals surface area (Å²) in [7, 11) is 3.31. The molecule has 3 fully saturated rings. The minimum absolute atomic E-state index is 0.00240. The number of alkyl carbamates (subject to hydrolysis) is 2. The van der Waals surface area contributed by atoms with Gasteiger partial charge in [-0.2, -0.15) is 26.3 Å². The molecule has 0 radical (unpaired) electrons. The Kier molecular flexibility index (Phi) is 15.3. The fraction of sp³-hybridized carbons (Fsp3) is 0.587. The van der Waals surface area contributed by atoms with Crippen LogP contribution in [0.15, 0.2) is 24.3 Å².